The molecule has 0 aromatic heterocycles. The van der Waals surface area contributed by atoms with Crippen LogP contribution in [0.5, 0.6) is 0 Å². The maximum atomic E-state index is 11.5. The van der Waals surface area contributed by atoms with E-state index in [9.17, 15) is 4.79 Å². The van der Waals surface area contributed by atoms with Crippen LogP contribution in [0.4, 0.5) is 4.79 Å². The fourth-order valence-corrected chi connectivity index (χ4v) is 1.85. The molecule has 0 bridgehead atoms. The van der Waals surface area contributed by atoms with E-state index >= 15 is 0 Å². The summed E-state index contributed by atoms with van der Waals surface area (Å²) in [7, 11) is 0. The number of piperidine rings is 1. The Kier molecular flexibility index (Phi) is 9.66. The number of aliphatic hydroxyl groups excluding tert-OH is 1. The molecule has 1 aliphatic rings. The molecule has 7 nitrogen and oxygen atoms in total. The molecule has 0 unspecified atom stereocenters. The lowest BCUT2D eigenvalue weighted by molar-refractivity contribution is 0.0963. The van der Waals surface area contributed by atoms with Gasteiger partial charge in [0.2, 0.25) is 0 Å². The number of amides is 1. The van der Waals surface area contributed by atoms with Gasteiger partial charge in [-0.25, -0.2) is 4.79 Å². The highest BCUT2D eigenvalue weighted by Crippen LogP contribution is 2.11. The number of nitrogens with one attached hydrogen (secondary N) is 1. The first kappa shape index (κ1) is 18.2. The number of nitrogens with two attached hydrogens (primary N) is 1. The van der Waals surface area contributed by atoms with Gasteiger partial charge in [-0.2, -0.15) is 0 Å². The minimum atomic E-state index is -0.252. The Hall–Kier alpha value is -0.770. The molecule has 0 saturated carbocycles. The normalized spacial score (nSPS) is 16.7. The average molecular weight is 386 g/mol. The van der Waals surface area contributed by atoms with Crippen LogP contribution < -0.4 is 11.1 Å². The molecule has 8 heteroatoms. The van der Waals surface area contributed by atoms with Crippen molar-refractivity contribution in [3.8, 4) is 0 Å². The van der Waals surface area contributed by atoms with Crippen molar-refractivity contribution in [3.63, 3.8) is 0 Å². The maximum Gasteiger partial charge on any atom is 0.409 e. The van der Waals surface area contributed by atoms with Crippen molar-refractivity contribution < 1.29 is 14.6 Å². The number of aliphatic imine (C=N–C) groups is 1. The second-order valence-corrected chi connectivity index (χ2v) is 4.10. The van der Waals surface area contributed by atoms with Gasteiger partial charge >= 0.3 is 6.09 Å². The Morgan fingerprint density at radius 1 is 1.53 bits per heavy atom. The Morgan fingerprint density at radius 3 is 2.68 bits per heavy atom. The third kappa shape index (κ3) is 6.81. The SMILES string of the molecule is CCOC(=O)N1CCC(NC(N)=NCCO)CC1.I. The van der Waals surface area contributed by atoms with Gasteiger partial charge in [0.25, 0.3) is 0 Å². The zero-order valence-corrected chi connectivity index (χ0v) is 13.5. The van der Waals surface area contributed by atoms with Crippen molar-refractivity contribution in [1.29, 1.82) is 0 Å². The summed E-state index contributed by atoms with van der Waals surface area (Å²) in [5.41, 5.74) is 5.66. The van der Waals surface area contributed by atoms with E-state index < -0.39 is 0 Å². The van der Waals surface area contributed by atoms with Crippen LogP contribution in [-0.2, 0) is 4.74 Å². The monoisotopic (exact) mass is 386 g/mol. The van der Waals surface area contributed by atoms with Gasteiger partial charge in [-0.15, -0.1) is 24.0 Å². The molecule has 1 saturated heterocycles. The number of carbonyl (C=O) groups excluding carboxylic acids is 1. The number of carbonyl (C=O) groups is 1. The van der Waals surface area contributed by atoms with E-state index in [0.717, 1.165) is 12.8 Å². The standard InChI is InChI=1S/C11H22N4O3.HI/c1-2-18-11(17)15-6-3-9(4-7-15)14-10(12)13-5-8-16;/h9,16H,2-8H2,1H3,(H3,12,13,14);1H. The maximum absolute atomic E-state index is 11.5. The number of ether oxygens (including phenoxy) is 1. The van der Waals surface area contributed by atoms with E-state index in [1.165, 1.54) is 0 Å². The molecule has 1 aliphatic heterocycles. The van der Waals surface area contributed by atoms with E-state index in [1.54, 1.807) is 11.8 Å². The number of halogens is 1. The fraction of sp³-hybridized carbons (Fsp3) is 0.818. The molecule has 0 radical (unpaired) electrons. The first-order valence-electron chi connectivity index (χ1n) is 6.26. The number of aliphatic hydroxyl groups is 1. The Bertz CT molecular complexity index is 294. The summed E-state index contributed by atoms with van der Waals surface area (Å²) in [6, 6.07) is 0.220. The molecule has 0 aromatic carbocycles. The molecule has 0 aromatic rings. The third-order valence-corrected chi connectivity index (χ3v) is 2.76. The van der Waals surface area contributed by atoms with Crippen LogP contribution in [0.1, 0.15) is 19.8 Å². The van der Waals surface area contributed by atoms with Gasteiger partial charge in [-0.05, 0) is 19.8 Å². The van der Waals surface area contributed by atoms with Gasteiger partial charge in [-0.3, -0.25) is 4.99 Å². The molecule has 4 N–H and O–H groups in total. The second kappa shape index (κ2) is 10.1. The highest BCUT2D eigenvalue weighted by Gasteiger charge is 2.23. The summed E-state index contributed by atoms with van der Waals surface area (Å²) < 4.78 is 4.94. The Morgan fingerprint density at radius 2 is 2.16 bits per heavy atom. The quantitative estimate of drug-likeness (QED) is 0.362. The summed E-state index contributed by atoms with van der Waals surface area (Å²) in [4.78, 5) is 17.1. The van der Waals surface area contributed by atoms with Crippen molar-refractivity contribution in [1.82, 2.24) is 10.2 Å². The number of hydrogen-bond acceptors (Lipinski definition) is 4. The lowest BCUT2D eigenvalue weighted by atomic mass is 10.1. The summed E-state index contributed by atoms with van der Waals surface area (Å²) in [5, 5.41) is 11.7. The number of guanidine groups is 1. The minimum Gasteiger partial charge on any atom is -0.450 e. The average Bonchev–Trinajstić information content (AvgIpc) is 2.37. The number of likely N-dealkylation sites (tertiary alicyclic amines) is 1. The predicted molar refractivity (Wildman–Crippen MR) is 83.7 cm³/mol. The van der Waals surface area contributed by atoms with Crippen molar-refractivity contribution in [2.75, 3.05) is 32.8 Å². The van der Waals surface area contributed by atoms with Crippen LogP contribution in [0.25, 0.3) is 0 Å². The van der Waals surface area contributed by atoms with E-state index in [2.05, 4.69) is 10.3 Å². The molecule has 19 heavy (non-hydrogen) atoms. The molecule has 1 heterocycles. The van der Waals surface area contributed by atoms with Crippen molar-refractivity contribution in [3.05, 3.63) is 0 Å². The molecular formula is C11H23IN4O3. The molecule has 0 spiro atoms. The largest absolute Gasteiger partial charge is 0.450 e. The zero-order valence-electron chi connectivity index (χ0n) is 11.2. The van der Waals surface area contributed by atoms with Crippen LogP contribution in [-0.4, -0.2) is 60.9 Å². The fourth-order valence-electron chi connectivity index (χ4n) is 1.85. The van der Waals surface area contributed by atoms with Gasteiger partial charge < -0.3 is 25.8 Å². The molecular weight excluding hydrogens is 363 g/mol. The third-order valence-electron chi connectivity index (χ3n) is 2.76. The van der Waals surface area contributed by atoms with Gasteiger partial charge in [0, 0.05) is 19.1 Å². The van der Waals surface area contributed by atoms with Crippen LogP contribution >= 0.6 is 24.0 Å². The van der Waals surface area contributed by atoms with Crippen molar-refractivity contribution in [2.45, 2.75) is 25.8 Å². The van der Waals surface area contributed by atoms with Gasteiger partial charge in [0.1, 0.15) is 0 Å². The minimum absolute atomic E-state index is 0. The van der Waals surface area contributed by atoms with Gasteiger partial charge in [0.05, 0.1) is 19.8 Å². The Balaban J connectivity index is 0.00000324. The van der Waals surface area contributed by atoms with Crippen LogP contribution in [0.3, 0.4) is 0 Å². The van der Waals surface area contributed by atoms with Gasteiger partial charge in [-0.1, -0.05) is 0 Å². The molecule has 0 atom stereocenters. The van der Waals surface area contributed by atoms with Gasteiger partial charge in [0.15, 0.2) is 5.96 Å². The van der Waals surface area contributed by atoms with E-state index in [1.807, 2.05) is 0 Å². The number of hydrogen-bond donors (Lipinski definition) is 3. The molecule has 1 amide bonds. The lowest BCUT2D eigenvalue weighted by Gasteiger charge is -2.31. The number of rotatable bonds is 4. The summed E-state index contributed by atoms with van der Waals surface area (Å²) >= 11 is 0. The van der Waals surface area contributed by atoms with E-state index in [-0.39, 0.29) is 42.7 Å². The second-order valence-electron chi connectivity index (χ2n) is 4.10. The first-order valence-corrected chi connectivity index (χ1v) is 6.26. The summed E-state index contributed by atoms with van der Waals surface area (Å²) in [5.74, 6) is 0.346. The van der Waals surface area contributed by atoms with Crippen LogP contribution in [0, 0.1) is 0 Å². The topological polar surface area (TPSA) is 100 Å². The summed E-state index contributed by atoms with van der Waals surface area (Å²) in [6.45, 7) is 3.81. The highest BCUT2D eigenvalue weighted by molar-refractivity contribution is 14.0. The van der Waals surface area contributed by atoms with Crippen molar-refractivity contribution in [2.24, 2.45) is 10.7 Å². The van der Waals surface area contributed by atoms with Crippen LogP contribution in [0.2, 0.25) is 0 Å². The van der Waals surface area contributed by atoms with E-state index in [0.29, 0.717) is 32.2 Å². The molecule has 0 aliphatic carbocycles. The van der Waals surface area contributed by atoms with E-state index in [4.69, 9.17) is 15.6 Å². The molecule has 1 rings (SSSR count). The number of nitrogens with zero attached hydrogens (tertiary/aromatic N) is 2. The Labute approximate surface area is 130 Å². The smallest absolute Gasteiger partial charge is 0.409 e. The zero-order chi connectivity index (χ0) is 13.4. The summed E-state index contributed by atoms with van der Waals surface area (Å²) in [6.07, 6.45) is 1.38. The predicted octanol–water partition coefficient (Wildman–Crippen LogP) is 0.122. The lowest BCUT2D eigenvalue weighted by Crippen LogP contribution is -2.48. The molecule has 112 valence electrons. The van der Waals surface area contributed by atoms with Crippen molar-refractivity contribution >= 4 is 36.0 Å². The molecule has 1 fully saturated rings. The highest BCUT2D eigenvalue weighted by atomic mass is 127. The first-order chi connectivity index (χ1) is 8.67. The van der Waals surface area contributed by atoms with Crippen LogP contribution in [0.15, 0.2) is 4.99 Å².